The summed E-state index contributed by atoms with van der Waals surface area (Å²) in [5.41, 5.74) is -0.169. The molecule has 1 rings (SSSR count). The Morgan fingerprint density at radius 1 is 1.47 bits per heavy atom. The SMILES string of the molecule is COC(C)(C)C(C)N1CCCC(C(C)CC(=O)O)C1. The van der Waals surface area contributed by atoms with Gasteiger partial charge in [0.2, 0.25) is 0 Å². The Morgan fingerprint density at radius 2 is 2.11 bits per heavy atom. The quantitative estimate of drug-likeness (QED) is 0.807. The summed E-state index contributed by atoms with van der Waals surface area (Å²) in [5, 5.41) is 8.92. The lowest BCUT2D eigenvalue weighted by Crippen LogP contribution is -2.52. The van der Waals surface area contributed by atoms with E-state index >= 15 is 0 Å². The molecular formula is C15H29NO3. The molecule has 0 bridgehead atoms. The molecule has 3 atom stereocenters. The number of carboxylic acid groups (broad SMARTS) is 1. The Kier molecular flexibility index (Phi) is 5.81. The highest BCUT2D eigenvalue weighted by atomic mass is 16.5. The van der Waals surface area contributed by atoms with Gasteiger partial charge in [0.1, 0.15) is 0 Å². The minimum absolute atomic E-state index is 0.169. The summed E-state index contributed by atoms with van der Waals surface area (Å²) in [6.45, 7) is 10.6. The van der Waals surface area contributed by atoms with Crippen molar-refractivity contribution < 1.29 is 14.6 Å². The smallest absolute Gasteiger partial charge is 0.303 e. The van der Waals surface area contributed by atoms with Gasteiger partial charge in [-0.15, -0.1) is 0 Å². The normalized spacial score (nSPS) is 25.0. The molecule has 1 N–H and O–H groups in total. The van der Waals surface area contributed by atoms with Crippen LogP contribution in [0.1, 0.15) is 47.0 Å². The standard InChI is InChI=1S/C15H29NO3/c1-11(9-14(17)18)13-7-6-8-16(10-13)12(2)15(3,4)19-5/h11-13H,6-10H2,1-5H3,(H,17,18). The maximum absolute atomic E-state index is 10.8. The fraction of sp³-hybridized carbons (Fsp3) is 0.933. The van der Waals surface area contributed by atoms with E-state index in [1.165, 1.54) is 0 Å². The van der Waals surface area contributed by atoms with Gasteiger partial charge >= 0.3 is 5.97 Å². The highest BCUT2D eigenvalue weighted by molar-refractivity contribution is 5.67. The van der Waals surface area contributed by atoms with E-state index in [9.17, 15) is 4.79 Å². The number of nitrogens with zero attached hydrogens (tertiary/aromatic N) is 1. The molecule has 0 aliphatic carbocycles. The van der Waals surface area contributed by atoms with Crippen LogP contribution in [-0.2, 0) is 9.53 Å². The van der Waals surface area contributed by atoms with Crippen LogP contribution in [-0.4, -0.2) is 47.8 Å². The number of piperidine rings is 1. The molecule has 1 fully saturated rings. The summed E-state index contributed by atoms with van der Waals surface area (Å²) in [7, 11) is 1.75. The molecule has 112 valence electrons. The second-order valence-electron chi connectivity index (χ2n) is 6.46. The van der Waals surface area contributed by atoms with Gasteiger partial charge in [0.05, 0.1) is 5.60 Å². The summed E-state index contributed by atoms with van der Waals surface area (Å²) >= 11 is 0. The summed E-state index contributed by atoms with van der Waals surface area (Å²) in [5.74, 6) is 0.0491. The van der Waals surface area contributed by atoms with E-state index in [2.05, 4.69) is 32.6 Å². The van der Waals surface area contributed by atoms with E-state index in [-0.39, 0.29) is 17.9 Å². The van der Waals surface area contributed by atoms with Gasteiger partial charge < -0.3 is 9.84 Å². The zero-order valence-electron chi connectivity index (χ0n) is 13.0. The molecule has 1 heterocycles. The Morgan fingerprint density at radius 3 is 2.63 bits per heavy atom. The molecule has 19 heavy (non-hydrogen) atoms. The second-order valence-corrected chi connectivity index (χ2v) is 6.46. The minimum atomic E-state index is -0.685. The minimum Gasteiger partial charge on any atom is -0.481 e. The molecule has 0 saturated carbocycles. The maximum atomic E-state index is 10.8. The van der Waals surface area contributed by atoms with Crippen LogP contribution < -0.4 is 0 Å². The number of carboxylic acids is 1. The van der Waals surface area contributed by atoms with E-state index in [0.29, 0.717) is 12.0 Å². The van der Waals surface area contributed by atoms with Crippen LogP contribution in [0, 0.1) is 11.8 Å². The van der Waals surface area contributed by atoms with Crippen LogP contribution in [0.3, 0.4) is 0 Å². The van der Waals surface area contributed by atoms with Crippen molar-refractivity contribution in [2.45, 2.75) is 58.6 Å². The number of hydrogen-bond donors (Lipinski definition) is 1. The number of aliphatic carboxylic acids is 1. The van der Waals surface area contributed by atoms with E-state index in [0.717, 1.165) is 25.9 Å². The van der Waals surface area contributed by atoms with Gasteiger partial charge in [0.25, 0.3) is 0 Å². The van der Waals surface area contributed by atoms with Gasteiger partial charge in [-0.2, -0.15) is 0 Å². The first-order valence-corrected chi connectivity index (χ1v) is 7.29. The molecule has 0 radical (unpaired) electrons. The number of methoxy groups -OCH3 is 1. The predicted molar refractivity (Wildman–Crippen MR) is 76.3 cm³/mol. The summed E-state index contributed by atoms with van der Waals surface area (Å²) in [6.07, 6.45) is 2.57. The summed E-state index contributed by atoms with van der Waals surface area (Å²) < 4.78 is 5.58. The van der Waals surface area contributed by atoms with Gasteiger partial charge in [-0.1, -0.05) is 6.92 Å². The average molecular weight is 271 g/mol. The third-order valence-electron chi connectivity index (χ3n) is 4.87. The molecule has 1 aliphatic heterocycles. The van der Waals surface area contributed by atoms with Crippen LogP contribution in [0.2, 0.25) is 0 Å². The van der Waals surface area contributed by atoms with Gasteiger partial charge in [-0.05, 0) is 52.0 Å². The van der Waals surface area contributed by atoms with Crippen LogP contribution in [0.15, 0.2) is 0 Å². The maximum Gasteiger partial charge on any atom is 0.303 e. The molecule has 0 amide bonds. The highest BCUT2D eigenvalue weighted by Gasteiger charge is 2.34. The molecule has 4 heteroatoms. The lowest BCUT2D eigenvalue weighted by atomic mass is 9.83. The second kappa shape index (κ2) is 6.71. The number of likely N-dealkylation sites (tertiary alicyclic amines) is 1. The Hall–Kier alpha value is -0.610. The summed E-state index contributed by atoms with van der Waals surface area (Å²) in [6, 6.07) is 0.345. The van der Waals surface area contributed by atoms with Gasteiger partial charge in [0, 0.05) is 26.1 Å². The number of hydrogen-bond acceptors (Lipinski definition) is 3. The lowest BCUT2D eigenvalue weighted by molar-refractivity contribution is -0.138. The molecule has 3 unspecified atom stereocenters. The van der Waals surface area contributed by atoms with Crippen molar-refractivity contribution in [1.29, 1.82) is 0 Å². The molecule has 4 nitrogen and oxygen atoms in total. The first-order chi connectivity index (χ1) is 8.77. The van der Waals surface area contributed by atoms with Crippen LogP contribution in [0.5, 0.6) is 0 Å². The number of rotatable bonds is 6. The van der Waals surface area contributed by atoms with Crippen molar-refractivity contribution in [2.24, 2.45) is 11.8 Å². The van der Waals surface area contributed by atoms with E-state index in [1.54, 1.807) is 7.11 Å². The van der Waals surface area contributed by atoms with Gasteiger partial charge in [0.15, 0.2) is 0 Å². The largest absolute Gasteiger partial charge is 0.481 e. The molecule has 0 aromatic heterocycles. The van der Waals surface area contributed by atoms with Gasteiger partial charge in [-0.25, -0.2) is 0 Å². The third-order valence-corrected chi connectivity index (χ3v) is 4.87. The third kappa shape index (κ3) is 4.46. The Labute approximate surface area is 117 Å². The first-order valence-electron chi connectivity index (χ1n) is 7.29. The van der Waals surface area contributed by atoms with Crippen molar-refractivity contribution in [3.8, 4) is 0 Å². The van der Waals surface area contributed by atoms with Crippen LogP contribution >= 0.6 is 0 Å². The Bertz CT molecular complexity index is 304. The van der Waals surface area contributed by atoms with Crippen LogP contribution in [0.25, 0.3) is 0 Å². The van der Waals surface area contributed by atoms with E-state index in [4.69, 9.17) is 9.84 Å². The fourth-order valence-corrected chi connectivity index (χ4v) is 2.91. The Balaban J connectivity index is 2.61. The molecule has 0 aromatic rings. The van der Waals surface area contributed by atoms with Crippen molar-refractivity contribution in [2.75, 3.05) is 20.2 Å². The van der Waals surface area contributed by atoms with Crippen molar-refractivity contribution in [3.05, 3.63) is 0 Å². The predicted octanol–water partition coefficient (Wildman–Crippen LogP) is 2.62. The van der Waals surface area contributed by atoms with Crippen molar-refractivity contribution in [3.63, 3.8) is 0 Å². The molecular weight excluding hydrogens is 242 g/mol. The van der Waals surface area contributed by atoms with E-state index in [1.807, 2.05) is 0 Å². The summed E-state index contributed by atoms with van der Waals surface area (Å²) in [4.78, 5) is 13.3. The first kappa shape index (κ1) is 16.4. The molecule has 1 aliphatic rings. The fourth-order valence-electron chi connectivity index (χ4n) is 2.91. The zero-order chi connectivity index (χ0) is 14.6. The van der Waals surface area contributed by atoms with Crippen molar-refractivity contribution in [1.82, 2.24) is 4.90 Å². The van der Waals surface area contributed by atoms with Crippen molar-refractivity contribution >= 4 is 5.97 Å². The van der Waals surface area contributed by atoms with E-state index < -0.39 is 5.97 Å². The highest BCUT2D eigenvalue weighted by Crippen LogP contribution is 2.30. The lowest BCUT2D eigenvalue weighted by Gasteiger charge is -2.44. The molecule has 0 aromatic carbocycles. The zero-order valence-corrected chi connectivity index (χ0v) is 13.0. The van der Waals surface area contributed by atoms with Crippen LogP contribution in [0.4, 0.5) is 0 Å². The molecule has 0 spiro atoms. The number of carbonyl (C=O) groups is 1. The topological polar surface area (TPSA) is 49.8 Å². The average Bonchev–Trinajstić information content (AvgIpc) is 2.37. The monoisotopic (exact) mass is 271 g/mol. The molecule has 1 saturated heterocycles. The van der Waals surface area contributed by atoms with Gasteiger partial charge in [-0.3, -0.25) is 9.69 Å². The number of ether oxygens (including phenoxy) is 1.